The number of aliphatic hydroxyl groups excluding tert-OH is 1. The van der Waals surface area contributed by atoms with Gasteiger partial charge in [0.15, 0.2) is 5.69 Å². The van der Waals surface area contributed by atoms with Crippen LogP contribution < -0.4 is 5.32 Å². The maximum absolute atomic E-state index is 12.1. The number of benzene rings is 1. The first kappa shape index (κ1) is 15.7. The summed E-state index contributed by atoms with van der Waals surface area (Å²) in [6, 6.07) is 8.78. The van der Waals surface area contributed by atoms with Gasteiger partial charge in [0, 0.05) is 0 Å². The van der Waals surface area contributed by atoms with Crippen LogP contribution >= 0.6 is 22.9 Å². The van der Waals surface area contributed by atoms with Gasteiger partial charge in [0.25, 0.3) is 5.91 Å². The molecule has 3 aromatic rings. The van der Waals surface area contributed by atoms with Gasteiger partial charge in [-0.3, -0.25) is 4.79 Å². The predicted molar refractivity (Wildman–Crippen MR) is 88.7 cm³/mol. The van der Waals surface area contributed by atoms with Gasteiger partial charge in [0.1, 0.15) is 0 Å². The van der Waals surface area contributed by atoms with Gasteiger partial charge in [0.05, 0.1) is 29.6 Å². The van der Waals surface area contributed by atoms with Crippen molar-refractivity contribution in [3.8, 4) is 0 Å². The lowest BCUT2D eigenvalue weighted by Gasteiger charge is -2.07. The average molecular weight is 349 g/mol. The van der Waals surface area contributed by atoms with E-state index >= 15 is 0 Å². The van der Waals surface area contributed by atoms with E-state index in [0.717, 1.165) is 5.56 Å². The number of hydrogen-bond acceptors (Lipinski definition) is 5. The zero-order valence-corrected chi connectivity index (χ0v) is 13.5. The van der Waals surface area contributed by atoms with E-state index in [1.54, 1.807) is 24.3 Å². The van der Waals surface area contributed by atoms with Crippen LogP contribution in [0.15, 0.2) is 47.3 Å². The molecule has 2 heterocycles. The van der Waals surface area contributed by atoms with Crippen LogP contribution in [-0.2, 0) is 6.54 Å². The third kappa shape index (κ3) is 3.76. The third-order valence-corrected chi connectivity index (χ3v) is 4.21. The van der Waals surface area contributed by atoms with Gasteiger partial charge >= 0.3 is 0 Å². The van der Waals surface area contributed by atoms with E-state index in [9.17, 15) is 9.90 Å². The number of aromatic nitrogens is 3. The Kier molecular flexibility index (Phi) is 4.71. The van der Waals surface area contributed by atoms with Gasteiger partial charge in [-0.15, -0.1) is 5.10 Å². The van der Waals surface area contributed by atoms with Crippen molar-refractivity contribution in [1.82, 2.24) is 15.0 Å². The minimum absolute atomic E-state index is 0.155. The van der Waals surface area contributed by atoms with Crippen molar-refractivity contribution in [1.29, 1.82) is 0 Å². The summed E-state index contributed by atoms with van der Waals surface area (Å²) in [5.41, 5.74) is 1.47. The molecule has 0 fully saturated rings. The van der Waals surface area contributed by atoms with Gasteiger partial charge in [-0.25, -0.2) is 4.68 Å². The fourth-order valence-electron chi connectivity index (χ4n) is 1.99. The summed E-state index contributed by atoms with van der Waals surface area (Å²) in [5, 5.41) is 24.7. The number of hydrogen-bond donors (Lipinski definition) is 2. The minimum atomic E-state index is -0.692. The summed E-state index contributed by atoms with van der Waals surface area (Å²) in [6.07, 6.45) is 0.796. The van der Waals surface area contributed by atoms with E-state index in [4.69, 9.17) is 11.6 Å². The largest absolute Gasteiger partial charge is 0.386 e. The van der Waals surface area contributed by atoms with E-state index < -0.39 is 12.0 Å². The van der Waals surface area contributed by atoms with Crippen molar-refractivity contribution in [3.63, 3.8) is 0 Å². The molecular weight excluding hydrogens is 336 g/mol. The standard InChI is InChI=1S/C15H13ClN4O2S/c16-11-3-1-2-4-12(11)17-15(22)13-7-20(19-18-13)8-14(21)10-5-6-23-9-10/h1-7,9,14,21H,8H2,(H,17,22)/t14-/m0/s1. The molecule has 2 aromatic heterocycles. The lowest BCUT2D eigenvalue weighted by atomic mass is 10.2. The van der Waals surface area contributed by atoms with E-state index in [-0.39, 0.29) is 12.2 Å². The van der Waals surface area contributed by atoms with Crippen molar-refractivity contribution in [3.05, 3.63) is 63.6 Å². The molecule has 23 heavy (non-hydrogen) atoms. The topological polar surface area (TPSA) is 80.0 Å². The van der Waals surface area contributed by atoms with Gasteiger partial charge in [0.2, 0.25) is 0 Å². The summed E-state index contributed by atoms with van der Waals surface area (Å²) >= 11 is 7.51. The highest BCUT2D eigenvalue weighted by molar-refractivity contribution is 7.07. The van der Waals surface area contributed by atoms with Crippen LogP contribution in [-0.4, -0.2) is 26.0 Å². The Morgan fingerprint density at radius 3 is 2.96 bits per heavy atom. The molecule has 2 N–H and O–H groups in total. The maximum Gasteiger partial charge on any atom is 0.277 e. The lowest BCUT2D eigenvalue weighted by Crippen LogP contribution is -2.13. The molecule has 0 radical (unpaired) electrons. The zero-order valence-electron chi connectivity index (χ0n) is 11.9. The Balaban J connectivity index is 1.67. The van der Waals surface area contributed by atoms with Crippen LogP contribution in [0, 0.1) is 0 Å². The first-order valence-corrected chi connectivity index (χ1v) is 8.12. The Morgan fingerprint density at radius 2 is 2.22 bits per heavy atom. The van der Waals surface area contributed by atoms with Crippen molar-refractivity contribution in [2.75, 3.05) is 5.32 Å². The summed E-state index contributed by atoms with van der Waals surface area (Å²) < 4.78 is 1.43. The molecule has 6 nitrogen and oxygen atoms in total. The first-order chi connectivity index (χ1) is 11.1. The van der Waals surface area contributed by atoms with Crippen LogP contribution in [0.2, 0.25) is 5.02 Å². The summed E-state index contributed by atoms with van der Waals surface area (Å²) in [6.45, 7) is 0.225. The molecule has 3 rings (SSSR count). The number of rotatable bonds is 5. The van der Waals surface area contributed by atoms with Gasteiger partial charge in [-0.2, -0.15) is 11.3 Å². The zero-order chi connectivity index (χ0) is 16.2. The molecule has 0 aliphatic heterocycles. The van der Waals surface area contributed by atoms with E-state index in [2.05, 4.69) is 15.6 Å². The predicted octanol–water partition coefficient (Wildman–Crippen LogP) is 2.98. The third-order valence-electron chi connectivity index (χ3n) is 3.18. The number of amides is 1. The van der Waals surface area contributed by atoms with Gasteiger partial charge in [-0.1, -0.05) is 28.9 Å². The number of carbonyl (C=O) groups is 1. The van der Waals surface area contributed by atoms with Crippen LogP contribution in [0.5, 0.6) is 0 Å². The number of nitrogens with one attached hydrogen (secondary N) is 1. The lowest BCUT2D eigenvalue weighted by molar-refractivity contribution is 0.102. The Morgan fingerprint density at radius 1 is 1.39 bits per heavy atom. The van der Waals surface area contributed by atoms with Crippen LogP contribution in [0.3, 0.4) is 0 Å². The SMILES string of the molecule is O=C(Nc1ccccc1Cl)c1cn(C[C@H](O)c2ccsc2)nn1. The highest BCUT2D eigenvalue weighted by atomic mass is 35.5. The molecule has 0 spiro atoms. The van der Waals surface area contributed by atoms with Crippen LogP contribution in [0.4, 0.5) is 5.69 Å². The minimum Gasteiger partial charge on any atom is -0.386 e. The molecule has 1 amide bonds. The average Bonchev–Trinajstić information content (AvgIpc) is 3.20. The fourth-order valence-corrected chi connectivity index (χ4v) is 2.88. The summed E-state index contributed by atoms with van der Waals surface area (Å²) in [5.74, 6) is -0.408. The fraction of sp³-hybridized carbons (Fsp3) is 0.133. The van der Waals surface area contributed by atoms with Crippen molar-refractivity contribution >= 4 is 34.5 Å². The van der Waals surface area contributed by atoms with E-state index in [0.29, 0.717) is 10.7 Å². The number of anilines is 1. The van der Waals surface area contributed by atoms with Crippen LogP contribution in [0.1, 0.15) is 22.2 Å². The number of aliphatic hydroxyl groups is 1. The Bertz CT molecular complexity index is 803. The Labute approximate surface area is 141 Å². The molecule has 0 aliphatic carbocycles. The van der Waals surface area contributed by atoms with Crippen LogP contribution in [0.25, 0.3) is 0 Å². The molecule has 0 saturated carbocycles. The summed E-state index contributed by atoms with van der Waals surface area (Å²) in [4.78, 5) is 12.1. The van der Waals surface area contributed by atoms with Gasteiger partial charge in [-0.05, 0) is 34.5 Å². The normalized spacial score (nSPS) is 12.1. The number of nitrogens with zero attached hydrogens (tertiary/aromatic N) is 3. The highest BCUT2D eigenvalue weighted by Gasteiger charge is 2.15. The second-order valence-electron chi connectivity index (χ2n) is 4.83. The smallest absolute Gasteiger partial charge is 0.277 e. The molecule has 8 heteroatoms. The molecule has 118 valence electrons. The number of carbonyl (C=O) groups excluding carboxylic acids is 1. The van der Waals surface area contributed by atoms with Crippen molar-refractivity contribution in [2.45, 2.75) is 12.6 Å². The summed E-state index contributed by atoms with van der Waals surface area (Å²) in [7, 11) is 0. The molecule has 0 saturated heterocycles. The quantitative estimate of drug-likeness (QED) is 0.742. The number of para-hydroxylation sites is 1. The molecule has 1 atom stereocenters. The molecular formula is C15H13ClN4O2S. The molecule has 0 bridgehead atoms. The molecule has 0 aliphatic rings. The van der Waals surface area contributed by atoms with E-state index in [1.807, 2.05) is 16.8 Å². The number of thiophene rings is 1. The maximum atomic E-state index is 12.1. The van der Waals surface area contributed by atoms with Crippen molar-refractivity contribution in [2.24, 2.45) is 0 Å². The monoisotopic (exact) mass is 348 g/mol. The Hall–Kier alpha value is -2.22. The number of halogens is 1. The first-order valence-electron chi connectivity index (χ1n) is 6.79. The second-order valence-corrected chi connectivity index (χ2v) is 6.02. The van der Waals surface area contributed by atoms with Crippen molar-refractivity contribution < 1.29 is 9.90 Å². The van der Waals surface area contributed by atoms with Gasteiger partial charge < -0.3 is 10.4 Å². The second kappa shape index (κ2) is 6.91. The molecule has 0 unspecified atom stereocenters. The van der Waals surface area contributed by atoms with E-state index in [1.165, 1.54) is 22.2 Å². The highest BCUT2D eigenvalue weighted by Crippen LogP contribution is 2.21. The molecule has 1 aromatic carbocycles.